The molecule has 0 aliphatic carbocycles. The predicted molar refractivity (Wildman–Crippen MR) is 88.5 cm³/mol. The lowest BCUT2D eigenvalue weighted by Gasteiger charge is -2.12. The molecule has 0 aliphatic heterocycles. The Morgan fingerprint density at radius 3 is 2.35 bits per heavy atom. The fourth-order valence-corrected chi connectivity index (χ4v) is 2.13. The highest BCUT2D eigenvalue weighted by Gasteiger charge is 2.15. The first-order valence-electron chi connectivity index (χ1n) is 7.34. The number of nitrogens with two attached hydrogens (primary N) is 1. The summed E-state index contributed by atoms with van der Waals surface area (Å²) >= 11 is 0. The number of hydrogen-bond donors (Lipinski definition) is 2. The van der Waals surface area contributed by atoms with Crippen LogP contribution < -0.4 is 15.8 Å². The average molecular weight is 312 g/mol. The molecule has 0 fully saturated rings. The molecule has 120 valence electrons. The van der Waals surface area contributed by atoms with Gasteiger partial charge in [-0.25, -0.2) is 0 Å². The van der Waals surface area contributed by atoms with Crippen LogP contribution in [0.4, 0.5) is 0 Å². The van der Waals surface area contributed by atoms with Gasteiger partial charge in [-0.05, 0) is 24.1 Å². The van der Waals surface area contributed by atoms with Gasteiger partial charge in [-0.15, -0.1) is 0 Å². The third kappa shape index (κ3) is 4.93. The minimum atomic E-state index is -0.702. The number of carbonyl (C=O) groups is 2. The highest BCUT2D eigenvalue weighted by atomic mass is 16.5. The SMILES string of the molecule is COc1ccc(C[C@H](N)C(=O)NCC(=O)c2ccccc2)cc1. The fraction of sp³-hybridized carbons (Fsp3) is 0.222. The van der Waals surface area contributed by atoms with Crippen LogP contribution in [-0.2, 0) is 11.2 Å². The van der Waals surface area contributed by atoms with E-state index >= 15 is 0 Å². The van der Waals surface area contributed by atoms with Crippen LogP contribution in [0.5, 0.6) is 5.75 Å². The van der Waals surface area contributed by atoms with Crippen LogP contribution in [-0.4, -0.2) is 31.4 Å². The van der Waals surface area contributed by atoms with Crippen molar-refractivity contribution in [2.24, 2.45) is 5.73 Å². The topological polar surface area (TPSA) is 81.4 Å². The maximum absolute atomic E-state index is 12.0. The number of nitrogens with one attached hydrogen (secondary N) is 1. The summed E-state index contributed by atoms with van der Waals surface area (Å²) < 4.78 is 5.08. The molecule has 0 unspecified atom stereocenters. The summed E-state index contributed by atoms with van der Waals surface area (Å²) in [7, 11) is 1.60. The van der Waals surface area contributed by atoms with Crippen molar-refractivity contribution in [3.05, 3.63) is 65.7 Å². The van der Waals surface area contributed by atoms with Crippen molar-refractivity contribution >= 4 is 11.7 Å². The molecule has 0 saturated heterocycles. The summed E-state index contributed by atoms with van der Waals surface area (Å²) in [6, 6.07) is 15.5. The van der Waals surface area contributed by atoms with E-state index in [-0.39, 0.29) is 18.2 Å². The molecule has 5 heteroatoms. The molecule has 23 heavy (non-hydrogen) atoms. The Hall–Kier alpha value is -2.66. The molecule has 0 bridgehead atoms. The van der Waals surface area contributed by atoms with Gasteiger partial charge >= 0.3 is 0 Å². The van der Waals surface area contributed by atoms with Crippen LogP contribution in [0.3, 0.4) is 0 Å². The number of ether oxygens (including phenoxy) is 1. The molecular formula is C18H20N2O3. The Balaban J connectivity index is 1.83. The number of Topliss-reactive ketones (excluding diaryl/α,β-unsaturated/α-hetero) is 1. The Bertz CT molecular complexity index is 654. The summed E-state index contributed by atoms with van der Waals surface area (Å²) in [4.78, 5) is 23.9. The lowest BCUT2D eigenvalue weighted by atomic mass is 10.1. The number of rotatable bonds is 7. The van der Waals surface area contributed by atoms with Gasteiger partial charge in [0.05, 0.1) is 19.7 Å². The van der Waals surface area contributed by atoms with Crippen molar-refractivity contribution in [2.45, 2.75) is 12.5 Å². The molecule has 2 rings (SSSR count). The number of amides is 1. The second-order valence-electron chi connectivity index (χ2n) is 5.17. The molecule has 0 radical (unpaired) electrons. The molecule has 0 aliphatic rings. The normalized spacial score (nSPS) is 11.6. The van der Waals surface area contributed by atoms with E-state index in [0.717, 1.165) is 11.3 Å². The van der Waals surface area contributed by atoms with Gasteiger partial charge in [0.15, 0.2) is 5.78 Å². The maximum atomic E-state index is 12.0. The zero-order valence-electron chi connectivity index (χ0n) is 13.0. The van der Waals surface area contributed by atoms with E-state index in [1.807, 2.05) is 30.3 Å². The summed E-state index contributed by atoms with van der Waals surface area (Å²) in [6.45, 7) is -0.0564. The van der Waals surface area contributed by atoms with Gasteiger partial charge in [-0.3, -0.25) is 9.59 Å². The standard InChI is InChI=1S/C18H20N2O3/c1-23-15-9-7-13(8-10-15)11-16(19)18(22)20-12-17(21)14-5-3-2-4-6-14/h2-10,16H,11-12,19H2,1H3,(H,20,22)/t16-/m0/s1. The van der Waals surface area contributed by atoms with Crippen LogP contribution in [0.2, 0.25) is 0 Å². The Kier molecular flexibility index (Phi) is 5.88. The van der Waals surface area contributed by atoms with E-state index in [4.69, 9.17) is 10.5 Å². The summed E-state index contributed by atoms with van der Waals surface area (Å²) in [5, 5.41) is 2.59. The van der Waals surface area contributed by atoms with Crippen molar-refractivity contribution in [2.75, 3.05) is 13.7 Å². The van der Waals surface area contributed by atoms with Gasteiger partial charge in [-0.2, -0.15) is 0 Å². The molecule has 0 heterocycles. The third-order valence-corrected chi connectivity index (χ3v) is 3.47. The van der Waals surface area contributed by atoms with Gasteiger partial charge < -0.3 is 15.8 Å². The number of carbonyl (C=O) groups excluding carboxylic acids is 2. The van der Waals surface area contributed by atoms with E-state index in [9.17, 15) is 9.59 Å². The molecule has 0 aromatic heterocycles. The van der Waals surface area contributed by atoms with Gasteiger partial charge in [0.25, 0.3) is 0 Å². The minimum absolute atomic E-state index is 0.0564. The zero-order valence-corrected chi connectivity index (χ0v) is 13.0. The minimum Gasteiger partial charge on any atom is -0.497 e. The monoisotopic (exact) mass is 312 g/mol. The van der Waals surface area contributed by atoms with E-state index in [2.05, 4.69) is 5.32 Å². The summed E-state index contributed by atoms with van der Waals surface area (Å²) in [5.74, 6) is 0.265. The predicted octanol–water partition coefficient (Wildman–Crippen LogP) is 1.56. The van der Waals surface area contributed by atoms with Gasteiger partial charge in [-0.1, -0.05) is 42.5 Å². The van der Waals surface area contributed by atoms with Crippen LogP contribution in [0.1, 0.15) is 15.9 Å². The van der Waals surface area contributed by atoms with Crippen LogP contribution >= 0.6 is 0 Å². The van der Waals surface area contributed by atoms with Gasteiger partial charge in [0, 0.05) is 5.56 Å². The smallest absolute Gasteiger partial charge is 0.237 e. The molecule has 2 aromatic carbocycles. The first-order chi connectivity index (χ1) is 11.1. The summed E-state index contributed by atoms with van der Waals surface area (Å²) in [6.07, 6.45) is 0.398. The molecule has 1 amide bonds. The molecule has 2 aromatic rings. The van der Waals surface area contributed by atoms with Crippen LogP contribution in [0, 0.1) is 0 Å². The highest BCUT2D eigenvalue weighted by Crippen LogP contribution is 2.12. The number of ketones is 1. The van der Waals surface area contributed by atoms with Crippen LogP contribution in [0.25, 0.3) is 0 Å². The Morgan fingerprint density at radius 2 is 1.74 bits per heavy atom. The van der Waals surface area contributed by atoms with Gasteiger partial charge in [0.2, 0.25) is 5.91 Å². The van der Waals surface area contributed by atoms with Crippen molar-refractivity contribution in [3.8, 4) is 5.75 Å². The third-order valence-electron chi connectivity index (χ3n) is 3.47. The lowest BCUT2D eigenvalue weighted by Crippen LogP contribution is -2.43. The number of methoxy groups -OCH3 is 1. The lowest BCUT2D eigenvalue weighted by molar-refractivity contribution is -0.122. The van der Waals surface area contributed by atoms with E-state index in [0.29, 0.717) is 12.0 Å². The van der Waals surface area contributed by atoms with Gasteiger partial charge in [0.1, 0.15) is 5.75 Å². The molecule has 0 saturated carbocycles. The largest absolute Gasteiger partial charge is 0.497 e. The van der Waals surface area contributed by atoms with E-state index in [1.165, 1.54) is 0 Å². The molecule has 1 atom stereocenters. The first-order valence-corrected chi connectivity index (χ1v) is 7.34. The van der Waals surface area contributed by atoms with E-state index < -0.39 is 6.04 Å². The van der Waals surface area contributed by atoms with Crippen LogP contribution in [0.15, 0.2) is 54.6 Å². The number of benzene rings is 2. The Morgan fingerprint density at radius 1 is 1.09 bits per heavy atom. The molecule has 5 nitrogen and oxygen atoms in total. The summed E-state index contributed by atoms with van der Waals surface area (Å²) in [5.41, 5.74) is 7.39. The van der Waals surface area contributed by atoms with E-state index in [1.54, 1.807) is 31.4 Å². The second-order valence-corrected chi connectivity index (χ2v) is 5.17. The molecule has 0 spiro atoms. The van der Waals surface area contributed by atoms with Crippen molar-refractivity contribution in [3.63, 3.8) is 0 Å². The van der Waals surface area contributed by atoms with Crippen molar-refractivity contribution in [1.29, 1.82) is 0 Å². The quantitative estimate of drug-likeness (QED) is 0.760. The molecule has 3 N–H and O–H groups in total. The number of hydrogen-bond acceptors (Lipinski definition) is 4. The fourth-order valence-electron chi connectivity index (χ4n) is 2.13. The van der Waals surface area contributed by atoms with Crippen molar-refractivity contribution in [1.82, 2.24) is 5.32 Å². The highest BCUT2D eigenvalue weighted by molar-refractivity contribution is 5.99. The maximum Gasteiger partial charge on any atom is 0.237 e. The Labute approximate surface area is 135 Å². The average Bonchev–Trinajstić information content (AvgIpc) is 2.60. The first kappa shape index (κ1) is 16.7. The molecular weight excluding hydrogens is 292 g/mol. The second kappa shape index (κ2) is 8.10. The zero-order chi connectivity index (χ0) is 16.7. The van der Waals surface area contributed by atoms with Crippen molar-refractivity contribution < 1.29 is 14.3 Å².